The highest BCUT2D eigenvalue weighted by Crippen LogP contribution is 2.34. The van der Waals surface area contributed by atoms with Crippen molar-refractivity contribution < 1.29 is 4.42 Å². The van der Waals surface area contributed by atoms with Crippen molar-refractivity contribution in [2.45, 2.75) is 40.0 Å². The molecule has 1 aromatic heterocycles. The molecule has 144 valence electrons. The van der Waals surface area contributed by atoms with Crippen molar-refractivity contribution >= 4 is 22.5 Å². The Bertz CT molecular complexity index is 1240. The predicted molar refractivity (Wildman–Crippen MR) is 119 cm³/mol. The highest BCUT2D eigenvalue weighted by atomic mass is 16.3. The Morgan fingerprint density at radius 3 is 2.31 bits per heavy atom. The molecule has 0 atom stereocenters. The summed E-state index contributed by atoms with van der Waals surface area (Å²) >= 11 is 0. The standard InChI is InChI=1S/C26H24N2O/c1-4-17-10-18(5-2)12-21(11-17)24-15-22-13-19(6-8-23(22)28-24)20-7-9-26-25(14-20)27-16(3)29-26/h6-14H,4-5,15H2,1-3H3. The lowest BCUT2D eigenvalue weighted by atomic mass is 9.96. The summed E-state index contributed by atoms with van der Waals surface area (Å²) < 4.78 is 5.60. The summed E-state index contributed by atoms with van der Waals surface area (Å²) in [5.74, 6) is 0.699. The number of hydrogen-bond donors (Lipinski definition) is 0. The molecule has 5 rings (SSSR count). The Morgan fingerprint density at radius 2 is 1.55 bits per heavy atom. The topological polar surface area (TPSA) is 38.4 Å². The summed E-state index contributed by atoms with van der Waals surface area (Å²) in [4.78, 5) is 9.42. The van der Waals surface area contributed by atoms with E-state index in [9.17, 15) is 0 Å². The minimum atomic E-state index is 0.699. The van der Waals surface area contributed by atoms with Crippen molar-refractivity contribution in [2.24, 2.45) is 4.99 Å². The van der Waals surface area contributed by atoms with Gasteiger partial charge in [-0.15, -0.1) is 0 Å². The molecule has 3 aromatic carbocycles. The van der Waals surface area contributed by atoms with Crippen molar-refractivity contribution in [3.63, 3.8) is 0 Å². The van der Waals surface area contributed by atoms with Crippen LogP contribution in [0.1, 0.15) is 42.0 Å². The second kappa shape index (κ2) is 7.00. The van der Waals surface area contributed by atoms with E-state index in [0.29, 0.717) is 5.89 Å². The van der Waals surface area contributed by atoms with Crippen LogP contribution in [0.2, 0.25) is 0 Å². The number of aromatic nitrogens is 1. The van der Waals surface area contributed by atoms with Crippen molar-refractivity contribution in [1.29, 1.82) is 0 Å². The van der Waals surface area contributed by atoms with Gasteiger partial charge in [0.05, 0.1) is 11.4 Å². The molecule has 1 aliphatic heterocycles. The van der Waals surface area contributed by atoms with Gasteiger partial charge in [0.25, 0.3) is 0 Å². The molecule has 0 amide bonds. The van der Waals surface area contributed by atoms with E-state index in [4.69, 9.17) is 9.41 Å². The molecule has 0 spiro atoms. The monoisotopic (exact) mass is 380 g/mol. The summed E-state index contributed by atoms with van der Waals surface area (Å²) in [7, 11) is 0. The molecule has 0 radical (unpaired) electrons. The van der Waals surface area contributed by atoms with Crippen LogP contribution in [0.25, 0.3) is 22.2 Å². The molecule has 1 aliphatic rings. The van der Waals surface area contributed by atoms with Crippen LogP contribution in [0, 0.1) is 6.92 Å². The van der Waals surface area contributed by atoms with E-state index in [2.05, 4.69) is 67.4 Å². The normalized spacial score (nSPS) is 13.0. The molecule has 2 heterocycles. The lowest BCUT2D eigenvalue weighted by Gasteiger charge is -2.08. The van der Waals surface area contributed by atoms with Gasteiger partial charge in [0.2, 0.25) is 0 Å². The number of aliphatic imine (C=N–C) groups is 1. The number of rotatable bonds is 4. The van der Waals surface area contributed by atoms with Gasteiger partial charge >= 0.3 is 0 Å². The van der Waals surface area contributed by atoms with E-state index in [1.807, 2.05) is 13.0 Å². The van der Waals surface area contributed by atoms with Gasteiger partial charge in [0.15, 0.2) is 11.5 Å². The van der Waals surface area contributed by atoms with Gasteiger partial charge < -0.3 is 4.42 Å². The minimum Gasteiger partial charge on any atom is -0.441 e. The maximum atomic E-state index is 5.60. The molecule has 0 N–H and O–H groups in total. The second-order valence-corrected chi connectivity index (χ2v) is 7.74. The Labute approximate surface area is 171 Å². The van der Waals surface area contributed by atoms with Gasteiger partial charge in [-0.05, 0) is 82.6 Å². The number of fused-ring (bicyclic) bond motifs is 2. The number of oxazole rings is 1. The summed E-state index contributed by atoms with van der Waals surface area (Å²) in [6.45, 7) is 6.30. The van der Waals surface area contributed by atoms with Crippen LogP contribution in [0.3, 0.4) is 0 Å². The Hall–Kier alpha value is -3.20. The number of aryl methyl sites for hydroxylation is 3. The Morgan fingerprint density at radius 1 is 0.828 bits per heavy atom. The van der Waals surface area contributed by atoms with Crippen LogP contribution in [0.4, 0.5) is 5.69 Å². The van der Waals surface area contributed by atoms with Gasteiger partial charge in [-0.2, -0.15) is 0 Å². The Balaban J connectivity index is 1.48. The van der Waals surface area contributed by atoms with Crippen molar-refractivity contribution in [3.8, 4) is 11.1 Å². The highest BCUT2D eigenvalue weighted by molar-refractivity contribution is 6.07. The number of benzene rings is 3. The SMILES string of the molecule is CCc1cc(CC)cc(C2=Nc3ccc(-c4ccc5oc(C)nc5c4)cc3C2)c1. The molecule has 29 heavy (non-hydrogen) atoms. The fourth-order valence-corrected chi connectivity index (χ4v) is 4.11. The fraction of sp³-hybridized carbons (Fsp3) is 0.231. The third-order valence-corrected chi connectivity index (χ3v) is 5.72. The van der Waals surface area contributed by atoms with Gasteiger partial charge in [0, 0.05) is 13.3 Å². The molecular formula is C26H24N2O. The third kappa shape index (κ3) is 3.27. The molecule has 0 saturated carbocycles. The molecular weight excluding hydrogens is 356 g/mol. The van der Waals surface area contributed by atoms with Gasteiger partial charge in [-0.25, -0.2) is 4.98 Å². The predicted octanol–water partition coefficient (Wildman–Crippen LogP) is 6.60. The molecule has 0 saturated heterocycles. The minimum absolute atomic E-state index is 0.699. The first-order chi connectivity index (χ1) is 14.1. The zero-order valence-electron chi connectivity index (χ0n) is 17.1. The smallest absolute Gasteiger partial charge is 0.192 e. The molecule has 4 aromatic rings. The lowest BCUT2D eigenvalue weighted by molar-refractivity contribution is 0.561. The van der Waals surface area contributed by atoms with Gasteiger partial charge in [0.1, 0.15) is 5.52 Å². The first-order valence-electron chi connectivity index (χ1n) is 10.3. The van der Waals surface area contributed by atoms with Crippen molar-refractivity contribution in [3.05, 3.63) is 82.7 Å². The zero-order valence-corrected chi connectivity index (χ0v) is 17.1. The van der Waals surface area contributed by atoms with Crippen LogP contribution < -0.4 is 0 Å². The highest BCUT2D eigenvalue weighted by Gasteiger charge is 2.18. The summed E-state index contributed by atoms with van der Waals surface area (Å²) in [5, 5.41) is 0. The second-order valence-electron chi connectivity index (χ2n) is 7.74. The Kier molecular flexibility index (Phi) is 4.31. The number of hydrogen-bond acceptors (Lipinski definition) is 3. The summed E-state index contributed by atoms with van der Waals surface area (Å²) in [5.41, 5.74) is 11.7. The first kappa shape index (κ1) is 17.9. The maximum absolute atomic E-state index is 5.60. The van der Waals surface area contributed by atoms with Crippen LogP contribution in [-0.2, 0) is 19.3 Å². The largest absolute Gasteiger partial charge is 0.441 e. The average molecular weight is 380 g/mol. The number of nitrogens with zero attached hydrogens (tertiary/aromatic N) is 2. The molecule has 0 bridgehead atoms. The van der Waals surface area contributed by atoms with Crippen molar-refractivity contribution in [1.82, 2.24) is 4.98 Å². The molecule has 0 unspecified atom stereocenters. The quantitative estimate of drug-likeness (QED) is 0.400. The van der Waals surface area contributed by atoms with E-state index >= 15 is 0 Å². The van der Waals surface area contributed by atoms with Crippen LogP contribution in [0.5, 0.6) is 0 Å². The van der Waals surface area contributed by atoms with E-state index in [1.165, 1.54) is 33.5 Å². The summed E-state index contributed by atoms with van der Waals surface area (Å²) in [6.07, 6.45) is 2.98. The van der Waals surface area contributed by atoms with Gasteiger partial charge in [-0.1, -0.05) is 32.0 Å². The van der Waals surface area contributed by atoms with Crippen LogP contribution in [-0.4, -0.2) is 10.7 Å². The average Bonchev–Trinajstić information content (AvgIpc) is 3.34. The van der Waals surface area contributed by atoms with E-state index in [1.54, 1.807) is 0 Å². The molecule has 0 aliphatic carbocycles. The molecule has 3 nitrogen and oxygen atoms in total. The van der Waals surface area contributed by atoms with E-state index in [0.717, 1.165) is 41.6 Å². The van der Waals surface area contributed by atoms with Crippen LogP contribution >= 0.6 is 0 Å². The van der Waals surface area contributed by atoms with Gasteiger partial charge in [-0.3, -0.25) is 4.99 Å². The zero-order chi connectivity index (χ0) is 20.0. The molecule has 3 heteroatoms. The fourth-order valence-electron chi connectivity index (χ4n) is 4.11. The summed E-state index contributed by atoms with van der Waals surface area (Å²) in [6, 6.07) is 19.7. The van der Waals surface area contributed by atoms with Crippen LogP contribution in [0.15, 0.2) is 64.0 Å². The lowest BCUT2D eigenvalue weighted by Crippen LogP contribution is -2.03. The third-order valence-electron chi connectivity index (χ3n) is 5.72. The maximum Gasteiger partial charge on any atom is 0.192 e. The van der Waals surface area contributed by atoms with Crippen molar-refractivity contribution in [2.75, 3.05) is 0 Å². The van der Waals surface area contributed by atoms with E-state index in [-0.39, 0.29) is 0 Å². The first-order valence-corrected chi connectivity index (χ1v) is 10.3. The van der Waals surface area contributed by atoms with E-state index < -0.39 is 0 Å². The molecule has 0 fully saturated rings.